The highest BCUT2D eigenvalue weighted by Crippen LogP contribution is 2.49. The van der Waals surface area contributed by atoms with Gasteiger partial charge in [-0.25, -0.2) is 0 Å². The third-order valence-electron chi connectivity index (χ3n) is 4.47. The Kier molecular flexibility index (Phi) is 5.40. The monoisotopic (exact) mass is 347 g/mol. The van der Waals surface area contributed by atoms with E-state index in [1.165, 1.54) is 12.0 Å². The molecule has 2 rings (SSSR count). The fourth-order valence-corrected chi connectivity index (χ4v) is 3.15. The van der Waals surface area contributed by atoms with Crippen molar-refractivity contribution in [2.45, 2.75) is 33.6 Å². The lowest BCUT2D eigenvalue weighted by Crippen LogP contribution is -2.47. The van der Waals surface area contributed by atoms with Crippen LogP contribution in [0.2, 0.25) is 0 Å². The molecule has 25 heavy (non-hydrogen) atoms. The zero-order valence-electron chi connectivity index (χ0n) is 15.4. The van der Waals surface area contributed by atoms with Gasteiger partial charge in [0.25, 0.3) is 0 Å². The molecule has 0 unspecified atom stereocenters. The van der Waals surface area contributed by atoms with Gasteiger partial charge in [-0.15, -0.1) is 0 Å². The van der Waals surface area contributed by atoms with Gasteiger partial charge in [0.2, 0.25) is 5.91 Å². The van der Waals surface area contributed by atoms with Crippen LogP contribution in [0.4, 0.5) is 5.69 Å². The Morgan fingerprint density at radius 3 is 2.36 bits per heavy atom. The first-order valence-corrected chi connectivity index (χ1v) is 8.28. The van der Waals surface area contributed by atoms with E-state index in [4.69, 9.17) is 9.47 Å². The quantitative estimate of drug-likeness (QED) is 0.854. The van der Waals surface area contributed by atoms with E-state index in [0.717, 1.165) is 24.0 Å². The molecule has 0 saturated carbocycles. The Labute approximate surface area is 148 Å². The van der Waals surface area contributed by atoms with Gasteiger partial charge in [-0.2, -0.15) is 0 Å². The van der Waals surface area contributed by atoms with Crippen molar-refractivity contribution in [3.8, 4) is 11.5 Å². The second-order valence-corrected chi connectivity index (χ2v) is 6.54. The van der Waals surface area contributed by atoms with Gasteiger partial charge < -0.3 is 14.6 Å². The molecule has 0 saturated heterocycles. The largest absolute Gasteiger partial charge is 0.493 e. The topological polar surface area (TPSA) is 76.1 Å². The molecule has 1 aromatic rings. The first kappa shape index (κ1) is 18.8. The minimum absolute atomic E-state index is 0.239. The van der Waals surface area contributed by atoms with E-state index in [2.05, 4.69) is 13.0 Å². The highest BCUT2D eigenvalue weighted by molar-refractivity contribution is 6.13. The summed E-state index contributed by atoms with van der Waals surface area (Å²) in [5.41, 5.74) is 1.40. The van der Waals surface area contributed by atoms with E-state index < -0.39 is 17.9 Å². The van der Waals surface area contributed by atoms with E-state index in [-0.39, 0.29) is 5.91 Å². The van der Waals surface area contributed by atoms with Crippen molar-refractivity contribution in [2.75, 3.05) is 25.7 Å². The lowest BCUT2D eigenvalue weighted by atomic mass is 9.74. The predicted molar refractivity (Wildman–Crippen MR) is 96.2 cm³/mol. The number of fused-ring (bicyclic) bond motifs is 1. The third-order valence-corrected chi connectivity index (χ3v) is 4.47. The first-order chi connectivity index (χ1) is 11.8. The van der Waals surface area contributed by atoms with E-state index in [1.54, 1.807) is 13.2 Å². The minimum Gasteiger partial charge on any atom is -0.493 e. The Hall–Kier alpha value is -2.50. The van der Waals surface area contributed by atoms with Gasteiger partial charge in [0.15, 0.2) is 11.5 Å². The average Bonchev–Trinajstić information content (AvgIpc) is 2.57. The lowest BCUT2D eigenvalue weighted by Gasteiger charge is -2.40. The predicted octanol–water partition coefficient (Wildman–Crippen LogP) is 3.34. The van der Waals surface area contributed by atoms with Crippen LogP contribution in [0, 0.1) is 5.41 Å². The molecule has 136 valence electrons. The number of amides is 1. The molecule has 0 aliphatic carbocycles. The highest BCUT2D eigenvalue weighted by atomic mass is 16.5. The number of carboxylic acids is 1. The van der Waals surface area contributed by atoms with Gasteiger partial charge in [-0.05, 0) is 31.9 Å². The summed E-state index contributed by atoms with van der Waals surface area (Å²) in [5.74, 6) is -0.300. The Bertz CT molecular complexity index is 721. The van der Waals surface area contributed by atoms with Crippen LogP contribution < -0.4 is 14.4 Å². The van der Waals surface area contributed by atoms with Crippen LogP contribution in [0.25, 0.3) is 5.57 Å². The number of methoxy groups -OCH3 is 2. The molecule has 1 amide bonds. The molecule has 1 N–H and O–H groups in total. The first-order valence-electron chi connectivity index (χ1n) is 8.28. The van der Waals surface area contributed by atoms with Crippen molar-refractivity contribution in [1.29, 1.82) is 0 Å². The molecule has 0 radical (unpaired) electrons. The number of nitrogens with zero attached hydrogens (tertiary/aromatic N) is 1. The normalized spacial score (nSPS) is 17.4. The van der Waals surface area contributed by atoms with Crippen LogP contribution in [0.5, 0.6) is 11.5 Å². The molecule has 0 bridgehead atoms. The number of carbonyl (C=O) groups excluding carboxylic acids is 1. The number of hydrogen-bond donors (Lipinski definition) is 1. The molecule has 0 spiro atoms. The number of aliphatic carboxylic acids is 1. The average molecular weight is 347 g/mol. The van der Waals surface area contributed by atoms with E-state index in [9.17, 15) is 14.7 Å². The summed E-state index contributed by atoms with van der Waals surface area (Å²) in [6.07, 6.45) is 3.84. The van der Waals surface area contributed by atoms with Crippen LogP contribution in [-0.4, -0.2) is 37.7 Å². The zero-order valence-corrected chi connectivity index (χ0v) is 15.4. The summed E-state index contributed by atoms with van der Waals surface area (Å²) in [6, 6.07) is 3.49. The maximum Gasteiger partial charge on any atom is 0.323 e. The molecule has 0 atom stereocenters. The molecule has 6 nitrogen and oxygen atoms in total. The summed E-state index contributed by atoms with van der Waals surface area (Å²) >= 11 is 0. The fourth-order valence-electron chi connectivity index (χ4n) is 3.15. The van der Waals surface area contributed by atoms with Gasteiger partial charge in [-0.3, -0.25) is 14.5 Å². The molecular weight excluding hydrogens is 322 g/mol. The summed E-state index contributed by atoms with van der Waals surface area (Å²) in [4.78, 5) is 25.6. The number of allylic oxidation sites excluding steroid dienone is 1. The van der Waals surface area contributed by atoms with Crippen LogP contribution in [0.15, 0.2) is 18.2 Å². The summed E-state index contributed by atoms with van der Waals surface area (Å²) in [6.45, 7) is 5.32. The van der Waals surface area contributed by atoms with Crippen LogP contribution in [0.3, 0.4) is 0 Å². The SMILES string of the molecule is CCC/C=C1/c2cc(OC)c(OC)cc2N(CC(=O)O)C(=O)C1(C)C. The maximum absolute atomic E-state index is 13.0. The Morgan fingerprint density at radius 2 is 1.84 bits per heavy atom. The van der Waals surface area contributed by atoms with Crippen LogP contribution in [0.1, 0.15) is 39.2 Å². The van der Waals surface area contributed by atoms with Crippen molar-refractivity contribution in [3.05, 3.63) is 23.8 Å². The summed E-state index contributed by atoms with van der Waals surface area (Å²) < 4.78 is 10.7. The smallest absolute Gasteiger partial charge is 0.323 e. The van der Waals surface area contributed by atoms with Gasteiger partial charge in [0.1, 0.15) is 6.54 Å². The highest BCUT2D eigenvalue weighted by Gasteiger charge is 2.43. The van der Waals surface area contributed by atoms with Crippen LogP contribution in [-0.2, 0) is 9.59 Å². The summed E-state index contributed by atoms with van der Waals surface area (Å²) in [5, 5.41) is 9.25. The van der Waals surface area contributed by atoms with E-state index >= 15 is 0 Å². The van der Waals surface area contributed by atoms with Crippen molar-refractivity contribution in [3.63, 3.8) is 0 Å². The Morgan fingerprint density at radius 1 is 1.24 bits per heavy atom. The standard InChI is InChI=1S/C19H25NO5/c1-6-7-8-13-12-9-15(24-4)16(25-5)10-14(12)20(11-17(21)22)18(23)19(13,2)3/h8-10H,6-7,11H2,1-5H3,(H,21,22)/b13-8-. The lowest BCUT2D eigenvalue weighted by molar-refractivity contribution is -0.137. The van der Waals surface area contributed by atoms with Crippen LogP contribution >= 0.6 is 0 Å². The molecule has 1 aromatic carbocycles. The number of unbranched alkanes of at least 4 members (excludes halogenated alkanes) is 1. The second-order valence-electron chi connectivity index (χ2n) is 6.54. The van der Waals surface area contributed by atoms with Gasteiger partial charge in [0.05, 0.1) is 25.3 Å². The van der Waals surface area contributed by atoms with Crippen molar-refractivity contribution < 1.29 is 24.2 Å². The molecule has 1 aliphatic heterocycles. The number of carbonyl (C=O) groups is 2. The number of carboxylic acid groups (broad SMARTS) is 1. The third kappa shape index (κ3) is 3.34. The summed E-state index contributed by atoms with van der Waals surface area (Å²) in [7, 11) is 3.06. The number of hydrogen-bond acceptors (Lipinski definition) is 4. The van der Waals surface area contributed by atoms with Crippen molar-refractivity contribution in [1.82, 2.24) is 0 Å². The minimum atomic E-state index is -1.06. The van der Waals surface area contributed by atoms with E-state index in [0.29, 0.717) is 17.2 Å². The molecule has 1 aliphatic rings. The molecule has 0 fully saturated rings. The van der Waals surface area contributed by atoms with Crippen molar-refractivity contribution in [2.24, 2.45) is 5.41 Å². The van der Waals surface area contributed by atoms with Gasteiger partial charge >= 0.3 is 5.97 Å². The van der Waals surface area contributed by atoms with Crippen molar-refractivity contribution >= 4 is 23.1 Å². The Balaban J connectivity index is 2.76. The zero-order chi connectivity index (χ0) is 18.8. The fraction of sp³-hybridized carbons (Fsp3) is 0.474. The number of rotatable bonds is 6. The molecular formula is C19H25NO5. The molecule has 6 heteroatoms. The maximum atomic E-state index is 13.0. The second kappa shape index (κ2) is 7.17. The number of ether oxygens (including phenoxy) is 2. The van der Waals surface area contributed by atoms with E-state index in [1.807, 2.05) is 19.9 Å². The molecule has 0 aromatic heterocycles. The number of anilines is 1. The molecule has 1 heterocycles. The number of benzene rings is 1. The van der Waals surface area contributed by atoms with Gasteiger partial charge in [-0.1, -0.05) is 19.4 Å². The van der Waals surface area contributed by atoms with Gasteiger partial charge in [0, 0.05) is 11.6 Å².